The number of rotatable bonds is 19. The average Bonchev–Trinajstić information content (AvgIpc) is 3.30. The Morgan fingerprint density at radius 1 is 0.563 bits per heavy atom. The number of nitrogens with one attached hydrogen (secondary N) is 1. The molecule has 0 bridgehead atoms. The highest BCUT2D eigenvalue weighted by atomic mass is 32.2. The van der Waals surface area contributed by atoms with Gasteiger partial charge in [-0.3, -0.25) is 13.9 Å². The van der Waals surface area contributed by atoms with Crippen LogP contribution in [0.25, 0.3) is 22.5 Å². The number of anilines is 4. The highest BCUT2D eigenvalue weighted by molar-refractivity contribution is 7.98. The summed E-state index contributed by atoms with van der Waals surface area (Å²) in [6.07, 6.45) is 2.95. The molecule has 0 saturated heterocycles. The number of benzene rings is 4. The van der Waals surface area contributed by atoms with Gasteiger partial charge in [-0.1, -0.05) is 59.7 Å². The summed E-state index contributed by atoms with van der Waals surface area (Å²) in [7, 11) is -15.2. The van der Waals surface area contributed by atoms with Crippen molar-refractivity contribution < 1.29 is 58.8 Å². The molecule has 0 saturated carbocycles. The van der Waals surface area contributed by atoms with Gasteiger partial charge in [0.1, 0.15) is 0 Å². The molecule has 380 valence electrons. The van der Waals surface area contributed by atoms with Gasteiger partial charge in [-0.05, 0) is 90.1 Å². The number of carboxylic acid groups (broad SMARTS) is 1. The van der Waals surface area contributed by atoms with E-state index in [-0.39, 0.29) is 59.2 Å². The van der Waals surface area contributed by atoms with Crippen molar-refractivity contribution in [2.24, 2.45) is 0 Å². The minimum Gasteiger partial charge on any atom is -0.476 e. The molecule has 21 nitrogen and oxygen atoms in total. The maximum absolute atomic E-state index is 12.8. The van der Waals surface area contributed by atoms with Crippen LogP contribution in [0.1, 0.15) is 59.8 Å². The molecule has 8 N–H and O–H groups in total. The molecule has 25 heteroatoms. The summed E-state index contributed by atoms with van der Waals surface area (Å²) < 4.78 is 94.7. The van der Waals surface area contributed by atoms with Gasteiger partial charge in [0, 0.05) is 22.5 Å². The quantitative estimate of drug-likeness (QED) is 0.0376. The van der Waals surface area contributed by atoms with E-state index in [0.717, 1.165) is 22.3 Å². The number of nitrogens with zero attached hydrogens (tertiary/aromatic N) is 4. The second-order valence-electron chi connectivity index (χ2n) is 14.9. The van der Waals surface area contributed by atoms with Crippen molar-refractivity contribution in [3.8, 4) is 22.5 Å². The predicted octanol–water partition coefficient (Wildman–Crippen LogP) is 8.28. The lowest BCUT2D eigenvalue weighted by molar-refractivity contribution is 0.0691. The lowest BCUT2D eigenvalue weighted by Crippen LogP contribution is -2.17. The number of nitrogen functional groups attached to an aromatic ring is 3. The highest BCUT2D eigenvalue weighted by Gasteiger charge is 2.34. The van der Waals surface area contributed by atoms with Crippen molar-refractivity contribution in [1.82, 2.24) is 19.9 Å². The molecule has 4 aromatic carbocycles. The molecule has 0 fully saturated rings. The van der Waals surface area contributed by atoms with Crippen LogP contribution in [-0.4, -0.2) is 91.2 Å². The van der Waals surface area contributed by atoms with Gasteiger partial charge in [-0.2, -0.15) is 0 Å². The van der Waals surface area contributed by atoms with Gasteiger partial charge in [-0.15, -0.1) is 0 Å². The Morgan fingerprint density at radius 3 is 1.28 bits per heavy atom. The monoisotopic (exact) mass is 1050 g/mol. The van der Waals surface area contributed by atoms with Crippen LogP contribution < -0.4 is 22.5 Å². The minimum atomic E-state index is -3.97. The molecule has 0 unspecified atom stereocenters. The third kappa shape index (κ3) is 16.9. The summed E-state index contributed by atoms with van der Waals surface area (Å²) in [6.45, 7) is 10.7. The fourth-order valence-electron chi connectivity index (χ4n) is 6.03. The largest absolute Gasteiger partial charge is 0.476 e. The molecular weight excluding hydrogens is 999 g/mol. The van der Waals surface area contributed by atoms with Gasteiger partial charge < -0.3 is 45.7 Å². The first-order chi connectivity index (χ1) is 33.5. The number of aromatic nitrogens is 4. The molecule has 0 aliphatic rings. The number of amides is 1. The normalized spacial score (nSPS) is 11.6. The molecule has 6 rings (SSSR count). The van der Waals surface area contributed by atoms with Crippen LogP contribution in [0, 0.1) is 13.8 Å². The zero-order chi connectivity index (χ0) is 52.6. The number of carboxylic acids is 1. The lowest BCUT2D eigenvalue weighted by atomic mass is 10.1. The molecule has 2 heterocycles. The highest BCUT2D eigenvalue weighted by Crippen LogP contribution is 2.51. The fourth-order valence-corrected chi connectivity index (χ4v) is 14.6. The summed E-state index contributed by atoms with van der Waals surface area (Å²) in [5.74, 6) is -1.89. The number of carbonyl (C=O) groups is 2. The van der Waals surface area contributed by atoms with Crippen molar-refractivity contribution in [1.29, 1.82) is 0 Å². The van der Waals surface area contributed by atoms with Crippen LogP contribution in [0.4, 0.5) is 23.0 Å². The zero-order valence-corrected chi connectivity index (χ0v) is 43.1. The number of nitrogens with two attached hydrogens (primary N) is 3. The SMILES string of the molecule is CCOP(=O)(CS(=O)(=O)c1ccc(N)cc1)OCC.CCOP(=O)(CS(=O)(=O)c1ccc(NC(=O)c2nc(-c3ccc(C)cc3)cnc2N)cc1)OCC.Cc1ccc(-c2cnc(N)c(C(=O)O)n2)cc1. The molecule has 0 atom stereocenters. The molecule has 0 radical (unpaired) electrons. The van der Waals surface area contributed by atoms with Gasteiger partial charge in [0.15, 0.2) is 53.7 Å². The van der Waals surface area contributed by atoms with E-state index >= 15 is 0 Å². The van der Waals surface area contributed by atoms with E-state index in [4.69, 9.17) is 40.4 Å². The second-order valence-corrected chi connectivity index (χ2v) is 23.9. The molecule has 1 amide bonds. The summed E-state index contributed by atoms with van der Waals surface area (Å²) >= 11 is 0. The van der Waals surface area contributed by atoms with Crippen molar-refractivity contribution >= 4 is 69.8 Å². The van der Waals surface area contributed by atoms with E-state index in [0.29, 0.717) is 22.8 Å². The number of aromatic carboxylic acids is 1. The van der Waals surface area contributed by atoms with Gasteiger partial charge in [-0.25, -0.2) is 41.6 Å². The minimum absolute atomic E-state index is 0.0415. The molecule has 6 aromatic rings. The third-order valence-corrected chi connectivity index (χ3v) is 19.2. The Kier molecular flexibility index (Phi) is 20.6. The summed E-state index contributed by atoms with van der Waals surface area (Å²) in [4.78, 5) is 39.9. The number of hydrogen-bond acceptors (Lipinski definition) is 19. The van der Waals surface area contributed by atoms with Gasteiger partial charge in [0.05, 0.1) is 60.0 Å². The van der Waals surface area contributed by atoms with Crippen LogP contribution in [0.5, 0.6) is 0 Å². The molecular formula is C46H56N8O13P2S2. The first-order valence-electron chi connectivity index (χ1n) is 21.6. The number of aryl methyl sites for hydroxylation is 2. The number of hydrogen-bond donors (Lipinski definition) is 5. The summed E-state index contributed by atoms with van der Waals surface area (Å²) in [5.41, 5.74) is 20.6. The summed E-state index contributed by atoms with van der Waals surface area (Å²) in [5, 5.41) is 11.5. The standard InChI is InChI=1S/C23H27N4O6PS.C12H11N3O2.C11H18NO5PS/c1-4-32-34(29,33-5-2)15-35(30,31)19-12-10-18(11-13-19)26-23(28)21-22(24)25-14-20(27-21)17-8-6-16(3)7-9-17;1-7-2-4-8(5-3-7)9-6-14-11(13)10(15-9)12(16)17;1-3-16-18(13,17-4-2)9-19(14,15)11-7-5-10(12)6-8-11/h6-14H,4-5,15H2,1-3H3,(H2,24,25)(H,26,28);2-6H,1H3,(H2,13,14)(H,16,17);5-8H,3-4,9,12H2,1-2H3. The first kappa shape index (κ1) is 57.2. The van der Waals surface area contributed by atoms with Crippen molar-refractivity contribution in [3.05, 3.63) is 132 Å². The van der Waals surface area contributed by atoms with Gasteiger partial charge in [0.25, 0.3) is 5.91 Å². The van der Waals surface area contributed by atoms with Crippen molar-refractivity contribution in [3.63, 3.8) is 0 Å². The lowest BCUT2D eigenvalue weighted by Gasteiger charge is -2.17. The van der Waals surface area contributed by atoms with Crippen LogP contribution >= 0.6 is 15.2 Å². The van der Waals surface area contributed by atoms with Crippen LogP contribution in [0.15, 0.2) is 119 Å². The van der Waals surface area contributed by atoms with E-state index < -0.39 is 57.7 Å². The predicted molar refractivity (Wildman–Crippen MR) is 271 cm³/mol. The molecule has 0 aliphatic carbocycles. The molecule has 2 aromatic heterocycles. The number of carbonyl (C=O) groups excluding carboxylic acids is 1. The Morgan fingerprint density at radius 2 is 0.915 bits per heavy atom. The Hall–Kier alpha value is -6.42. The maximum Gasteiger partial charge on any atom is 0.358 e. The van der Waals surface area contributed by atoms with Crippen LogP contribution in [-0.2, 0) is 46.9 Å². The zero-order valence-electron chi connectivity index (χ0n) is 39.7. The van der Waals surface area contributed by atoms with E-state index in [1.54, 1.807) is 27.7 Å². The van der Waals surface area contributed by atoms with Crippen LogP contribution in [0.3, 0.4) is 0 Å². The van der Waals surface area contributed by atoms with Gasteiger partial charge >= 0.3 is 21.2 Å². The average molecular weight is 1060 g/mol. The maximum atomic E-state index is 12.8. The molecule has 0 aliphatic heterocycles. The Bertz CT molecular complexity index is 3080. The third-order valence-electron chi connectivity index (χ3n) is 9.38. The van der Waals surface area contributed by atoms with E-state index in [2.05, 4.69) is 25.3 Å². The van der Waals surface area contributed by atoms with E-state index in [1.807, 2.05) is 62.4 Å². The van der Waals surface area contributed by atoms with Gasteiger partial charge in [0.2, 0.25) is 0 Å². The number of sulfone groups is 2. The Labute approximate surface area is 412 Å². The topological polar surface area (TPSA) is 335 Å². The van der Waals surface area contributed by atoms with E-state index in [9.17, 15) is 35.6 Å². The van der Waals surface area contributed by atoms with E-state index in [1.165, 1.54) is 60.9 Å². The second kappa shape index (κ2) is 25.6. The fraction of sp³-hybridized carbons (Fsp3) is 0.261. The molecule has 0 spiro atoms. The smallest absolute Gasteiger partial charge is 0.358 e. The van der Waals surface area contributed by atoms with Crippen LogP contribution in [0.2, 0.25) is 0 Å². The van der Waals surface area contributed by atoms with Crippen molar-refractivity contribution in [2.45, 2.75) is 51.3 Å². The Balaban J connectivity index is 0.000000256. The molecule has 71 heavy (non-hydrogen) atoms. The summed E-state index contributed by atoms with van der Waals surface area (Å²) in [6, 6.07) is 26.2. The first-order valence-corrected chi connectivity index (χ1v) is 28.3. The van der Waals surface area contributed by atoms with Crippen molar-refractivity contribution in [2.75, 3.05) is 59.9 Å².